The minimum atomic E-state index is -4.95. The van der Waals surface area contributed by atoms with Crippen molar-refractivity contribution in [2.75, 3.05) is 63.3 Å². The van der Waals surface area contributed by atoms with Gasteiger partial charge >= 0.3 is 12.4 Å². The van der Waals surface area contributed by atoms with Gasteiger partial charge < -0.3 is 24.1 Å². The molecule has 1 N–H and O–H groups in total. The van der Waals surface area contributed by atoms with Gasteiger partial charge in [-0.3, -0.25) is 9.09 Å². The number of aromatic nitrogens is 1. The van der Waals surface area contributed by atoms with E-state index in [9.17, 15) is 35.8 Å². The van der Waals surface area contributed by atoms with Crippen LogP contribution >= 0.6 is 7.82 Å². The highest BCUT2D eigenvalue weighted by atomic mass is 31.2. The van der Waals surface area contributed by atoms with E-state index in [1.54, 1.807) is 32.0 Å². The van der Waals surface area contributed by atoms with Crippen LogP contribution in [0.25, 0.3) is 11.1 Å². The summed E-state index contributed by atoms with van der Waals surface area (Å²) in [6.07, 6.45) is -8.26. The van der Waals surface area contributed by atoms with Crippen molar-refractivity contribution in [3.05, 3.63) is 77.0 Å². The Morgan fingerprint density at radius 3 is 2.04 bits per heavy atom. The van der Waals surface area contributed by atoms with Crippen molar-refractivity contribution in [1.82, 2.24) is 4.98 Å². The molecule has 1 aliphatic heterocycles. The summed E-state index contributed by atoms with van der Waals surface area (Å²) >= 11 is 0. The van der Waals surface area contributed by atoms with E-state index < -0.39 is 36.7 Å². The third-order valence-electron chi connectivity index (χ3n) is 8.39. The van der Waals surface area contributed by atoms with Crippen LogP contribution in [0, 0.1) is 6.92 Å². The van der Waals surface area contributed by atoms with E-state index in [0.29, 0.717) is 37.7 Å². The first-order valence-corrected chi connectivity index (χ1v) is 15.9. The fourth-order valence-electron chi connectivity index (χ4n) is 5.64. The zero-order valence-electron chi connectivity index (χ0n) is 26.1. The van der Waals surface area contributed by atoms with E-state index in [-0.39, 0.29) is 29.4 Å². The molecule has 8 nitrogen and oxygen atoms in total. The monoisotopic (exact) mass is 674 g/mol. The van der Waals surface area contributed by atoms with Crippen molar-refractivity contribution >= 4 is 19.3 Å². The SMILES string of the molecule is Cc1ccccc1-c1cc(N2CC[N+](C)(COP(=O)([O-])O)CC2)ncc1N(C)CC(C)(C)c1cc(C(F)(F)F)cc(C(F)(F)F)c1. The Hall–Kier alpha value is -3.16. The molecule has 0 aliphatic carbocycles. The van der Waals surface area contributed by atoms with E-state index >= 15 is 0 Å². The summed E-state index contributed by atoms with van der Waals surface area (Å²) < 4.78 is 97.7. The Kier molecular flexibility index (Phi) is 9.93. The van der Waals surface area contributed by atoms with Gasteiger partial charge in [-0.2, -0.15) is 26.3 Å². The molecule has 0 bridgehead atoms. The molecule has 0 saturated carbocycles. The number of anilines is 2. The molecular weight excluding hydrogens is 637 g/mol. The van der Waals surface area contributed by atoms with E-state index in [2.05, 4.69) is 9.51 Å². The van der Waals surface area contributed by atoms with Gasteiger partial charge in [-0.05, 0) is 47.9 Å². The Labute approximate surface area is 264 Å². The van der Waals surface area contributed by atoms with Crippen molar-refractivity contribution < 1.29 is 49.7 Å². The third-order valence-corrected chi connectivity index (χ3v) is 8.83. The fourth-order valence-corrected chi connectivity index (χ4v) is 6.06. The quantitative estimate of drug-likeness (QED) is 0.164. The summed E-state index contributed by atoms with van der Waals surface area (Å²) in [7, 11) is -1.32. The molecule has 1 aromatic heterocycles. The number of piperazine rings is 1. The van der Waals surface area contributed by atoms with Gasteiger partial charge in [-0.25, -0.2) is 4.98 Å². The lowest BCUT2D eigenvalue weighted by atomic mass is 9.82. The van der Waals surface area contributed by atoms with Crippen LogP contribution in [-0.4, -0.2) is 67.9 Å². The summed E-state index contributed by atoms with van der Waals surface area (Å²) in [5.74, 6) is 0.645. The number of phosphoric acid groups is 1. The van der Waals surface area contributed by atoms with E-state index in [4.69, 9.17) is 4.89 Å². The van der Waals surface area contributed by atoms with Gasteiger partial charge in [-0.1, -0.05) is 38.1 Å². The highest BCUT2D eigenvalue weighted by Gasteiger charge is 2.39. The number of likely N-dealkylation sites (N-methyl/N-ethyl adjacent to an activating group) is 2. The second-order valence-corrected chi connectivity index (χ2v) is 13.9. The maximum atomic E-state index is 13.6. The van der Waals surface area contributed by atoms with Crippen LogP contribution in [0.2, 0.25) is 0 Å². The van der Waals surface area contributed by atoms with E-state index in [1.165, 1.54) is 0 Å². The van der Waals surface area contributed by atoms with Gasteiger partial charge in [-0.15, -0.1) is 0 Å². The maximum Gasteiger partial charge on any atom is 0.416 e. The predicted octanol–water partition coefficient (Wildman–Crippen LogP) is 6.21. The van der Waals surface area contributed by atoms with Crippen molar-refractivity contribution in [2.45, 2.75) is 38.5 Å². The molecule has 0 radical (unpaired) electrons. The second kappa shape index (κ2) is 12.8. The molecule has 1 unspecified atom stereocenters. The lowest BCUT2D eigenvalue weighted by Gasteiger charge is -2.42. The summed E-state index contributed by atoms with van der Waals surface area (Å²) in [5, 5.41) is 0. The Bertz CT molecular complexity index is 1570. The number of nitrogens with zero attached hydrogens (tertiary/aromatic N) is 4. The van der Waals surface area contributed by atoms with Crippen LogP contribution in [0.5, 0.6) is 0 Å². The molecule has 0 amide bonds. The molecule has 15 heteroatoms. The number of quaternary nitrogens is 1. The highest BCUT2D eigenvalue weighted by molar-refractivity contribution is 7.44. The molecule has 1 aliphatic rings. The number of hydrogen-bond donors (Lipinski definition) is 1. The Morgan fingerprint density at radius 1 is 0.978 bits per heavy atom. The number of alkyl halides is 6. The summed E-state index contributed by atoms with van der Waals surface area (Å²) in [6, 6.07) is 11.2. The largest absolute Gasteiger partial charge is 0.756 e. The maximum absolute atomic E-state index is 13.6. The average Bonchev–Trinajstić information content (AvgIpc) is 2.95. The van der Waals surface area contributed by atoms with Crippen molar-refractivity contribution in [1.29, 1.82) is 0 Å². The first-order chi connectivity index (χ1) is 21.1. The number of aryl methyl sites for hydroxylation is 1. The third kappa shape index (κ3) is 8.60. The van der Waals surface area contributed by atoms with Crippen LogP contribution in [0.3, 0.4) is 0 Å². The second-order valence-electron chi connectivity index (χ2n) is 12.7. The molecule has 1 saturated heterocycles. The number of pyridine rings is 1. The standard InChI is InChI=1S/C31H37F6N4O4P/c1-21-8-6-7-9-25(21)26-17-28(40-10-12-41(5,13-11-40)20-45-46(42,43)44)38-18-27(26)39(4)19-29(2,3)22-14-23(30(32,33)34)16-24(15-22)31(35,36)37/h6-9,14-18H,10-13,19-20H2,1-5H3,(H-,42,43,44). The van der Waals surface area contributed by atoms with Crippen LogP contribution in [0.15, 0.2) is 54.7 Å². The minimum absolute atomic E-state index is 0.0689. The molecule has 2 aromatic carbocycles. The molecule has 252 valence electrons. The van der Waals surface area contributed by atoms with Gasteiger partial charge in [0.15, 0.2) is 6.73 Å². The van der Waals surface area contributed by atoms with Crippen LogP contribution in [0.4, 0.5) is 37.8 Å². The topological polar surface area (TPSA) is 89.0 Å². The zero-order valence-corrected chi connectivity index (χ0v) is 27.0. The van der Waals surface area contributed by atoms with Crippen LogP contribution < -0.4 is 14.7 Å². The highest BCUT2D eigenvalue weighted by Crippen LogP contribution is 2.41. The van der Waals surface area contributed by atoms with Gasteiger partial charge in [0, 0.05) is 24.6 Å². The summed E-state index contributed by atoms with van der Waals surface area (Å²) in [6.45, 7) is 7.03. The van der Waals surface area contributed by atoms with Gasteiger partial charge in [0.05, 0.1) is 56.2 Å². The zero-order chi connectivity index (χ0) is 34.3. The summed E-state index contributed by atoms with van der Waals surface area (Å²) in [4.78, 5) is 28.6. The molecule has 1 fully saturated rings. The number of rotatable bonds is 9. The Balaban J connectivity index is 1.67. The lowest BCUT2D eigenvalue weighted by molar-refractivity contribution is -0.925. The van der Waals surface area contributed by atoms with Crippen molar-refractivity contribution in [3.8, 4) is 11.1 Å². The molecule has 4 rings (SSSR count). The van der Waals surface area contributed by atoms with E-state index in [1.807, 2.05) is 49.2 Å². The molecule has 1 atom stereocenters. The van der Waals surface area contributed by atoms with Gasteiger partial charge in [0.1, 0.15) is 5.82 Å². The van der Waals surface area contributed by atoms with Crippen LogP contribution in [-0.2, 0) is 26.9 Å². The Morgan fingerprint density at radius 2 is 1.52 bits per heavy atom. The minimum Gasteiger partial charge on any atom is -0.756 e. The van der Waals surface area contributed by atoms with Crippen molar-refractivity contribution in [3.63, 3.8) is 0 Å². The number of phosphoric ester groups is 1. The first kappa shape index (κ1) is 35.7. The van der Waals surface area contributed by atoms with E-state index in [0.717, 1.165) is 28.8 Å². The first-order valence-electron chi connectivity index (χ1n) is 14.4. The predicted molar refractivity (Wildman–Crippen MR) is 161 cm³/mol. The van der Waals surface area contributed by atoms with Gasteiger partial charge in [0.2, 0.25) is 0 Å². The molecule has 2 heterocycles. The average molecular weight is 675 g/mol. The molecule has 0 spiro atoms. The fraction of sp³-hybridized carbons (Fsp3) is 0.452. The van der Waals surface area contributed by atoms with Crippen LogP contribution in [0.1, 0.15) is 36.1 Å². The molecular formula is C31H37F6N4O4P. The number of hydrogen-bond acceptors (Lipinski definition) is 6. The summed E-state index contributed by atoms with van der Waals surface area (Å²) in [5.41, 5.74) is -0.720. The normalized spacial score (nSPS) is 17.1. The number of halogens is 6. The smallest absolute Gasteiger partial charge is 0.416 e. The molecule has 3 aromatic rings. The molecule has 46 heavy (non-hydrogen) atoms. The lowest BCUT2D eigenvalue weighted by Crippen LogP contribution is -2.58. The number of benzene rings is 2. The van der Waals surface area contributed by atoms with Crippen molar-refractivity contribution in [2.24, 2.45) is 0 Å². The van der Waals surface area contributed by atoms with Gasteiger partial charge in [0.25, 0.3) is 7.82 Å².